The number of aryl methyl sites for hydroxylation is 1. The van der Waals surface area contributed by atoms with Crippen LogP contribution in [0.1, 0.15) is 24.5 Å². The van der Waals surface area contributed by atoms with Gasteiger partial charge < -0.3 is 4.74 Å². The van der Waals surface area contributed by atoms with Gasteiger partial charge in [-0.3, -0.25) is 4.98 Å². The van der Waals surface area contributed by atoms with E-state index in [1.54, 1.807) is 0 Å². The fourth-order valence-electron chi connectivity index (χ4n) is 3.51. The first-order chi connectivity index (χ1) is 10.3. The number of hydrogen-bond acceptors (Lipinski definition) is 3. The maximum atomic E-state index is 5.64. The molecule has 1 aromatic carbocycles. The zero-order chi connectivity index (χ0) is 14.3. The van der Waals surface area contributed by atoms with E-state index in [0.29, 0.717) is 0 Å². The maximum Gasteiger partial charge on any atom is 0.180 e. The van der Waals surface area contributed by atoms with Gasteiger partial charge in [-0.1, -0.05) is 24.3 Å². The molecule has 0 amide bonds. The first-order valence-corrected chi connectivity index (χ1v) is 7.46. The van der Waals surface area contributed by atoms with E-state index in [9.17, 15) is 0 Å². The van der Waals surface area contributed by atoms with Crippen LogP contribution in [0.2, 0.25) is 0 Å². The molecule has 4 rings (SSSR count). The number of rotatable bonds is 1. The Labute approximate surface area is 124 Å². The summed E-state index contributed by atoms with van der Waals surface area (Å²) in [5.74, 6) is 0.831. The van der Waals surface area contributed by atoms with Crippen molar-refractivity contribution in [3.05, 3.63) is 53.9 Å². The Bertz CT molecular complexity index is 708. The van der Waals surface area contributed by atoms with Crippen molar-refractivity contribution in [2.75, 3.05) is 6.61 Å². The Morgan fingerprint density at radius 1 is 1.19 bits per heavy atom. The number of ether oxygens (including phenoxy) is 1. The van der Waals surface area contributed by atoms with Gasteiger partial charge in [-0.2, -0.15) is 0 Å². The Morgan fingerprint density at radius 2 is 2.14 bits per heavy atom. The molecule has 21 heavy (non-hydrogen) atoms. The lowest BCUT2D eigenvalue weighted by molar-refractivity contribution is 0.236. The van der Waals surface area contributed by atoms with E-state index < -0.39 is 0 Å². The number of fused-ring (bicyclic) bond motifs is 1. The highest BCUT2D eigenvalue weighted by atomic mass is 16.5. The third-order valence-corrected chi connectivity index (χ3v) is 4.56. The van der Waals surface area contributed by atoms with Crippen LogP contribution in [0.15, 0.2) is 47.7 Å². The average Bonchev–Trinajstić information content (AvgIpc) is 2.88. The molecule has 2 aliphatic rings. The van der Waals surface area contributed by atoms with Crippen molar-refractivity contribution in [3.8, 4) is 11.1 Å². The highest BCUT2D eigenvalue weighted by Crippen LogP contribution is 2.39. The number of hydrogen-bond donors (Lipinski definition) is 0. The Hall–Kier alpha value is -2.16. The second-order valence-electron chi connectivity index (χ2n) is 6.01. The van der Waals surface area contributed by atoms with Gasteiger partial charge in [0.15, 0.2) is 5.90 Å². The minimum Gasteiger partial charge on any atom is -0.479 e. The molecule has 0 unspecified atom stereocenters. The molecule has 0 saturated carbocycles. The molecule has 1 aromatic heterocycles. The molecule has 3 heteroatoms. The largest absolute Gasteiger partial charge is 0.479 e. The molecule has 0 radical (unpaired) electrons. The van der Waals surface area contributed by atoms with Crippen molar-refractivity contribution in [1.82, 2.24) is 4.98 Å². The molecule has 1 aliphatic heterocycles. The molecule has 0 N–H and O–H groups in total. The summed E-state index contributed by atoms with van der Waals surface area (Å²) in [6.45, 7) is 2.68. The highest BCUT2D eigenvalue weighted by molar-refractivity contribution is 5.76. The summed E-state index contributed by atoms with van der Waals surface area (Å²) in [7, 11) is 0. The van der Waals surface area contributed by atoms with Gasteiger partial charge >= 0.3 is 0 Å². The standard InChI is InChI=1S/C18H18N2O/c1-13-20-18(12-21-13)8-7-14-4-2-6-16(17(14)10-18)15-5-3-9-19-11-15/h2-6,9,11H,7-8,10,12H2,1H3/t18-/m1/s1. The summed E-state index contributed by atoms with van der Waals surface area (Å²) in [5, 5.41) is 0. The van der Waals surface area contributed by atoms with Crippen molar-refractivity contribution in [1.29, 1.82) is 0 Å². The van der Waals surface area contributed by atoms with E-state index in [1.165, 1.54) is 22.3 Å². The first kappa shape index (κ1) is 12.6. The lowest BCUT2D eigenvalue weighted by atomic mass is 9.76. The third kappa shape index (κ3) is 2.13. The lowest BCUT2D eigenvalue weighted by Crippen LogP contribution is -2.35. The molecule has 0 fully saturated rings. The molecule has 0 saturated heterocycles. The summed E-state index contributed by atoms with van der Waals surface area (Å²) in [6, 6.07) is 10.7. The number of benzene rings is 1. The van der Waals surface area contributed by atoms with E-state index in [0.717, 1.165) is 31.8 Å². The molecule has 2 heterocycles. The molecule has 3 nitrogen and oxygen atoms in total. The van der Waals surface area contributed by atoms with E-state index in [1.807, 2.05) is 25.4 Å². The van der Waals surface area contributed by atoms with Crippen LogP contribution < -0.4 is 0 Å². The molecule has 1 atom stereocenters. The maximum absolute atomic E-state index is 5.64. The van der Waals surface area contributed by atoms with Crippen LogP contribution in [0.25, 0.3) is 11.1 Å². The summed E-state index contributed by atoms with van der Waals surface area (Å²) < 4.78 is 5.64. The van der Waals surface area contributed by atoms with E-state index in [4.69, 9.17) is 9.73 Å². The Morgan fingerprint density at radius 3 is 2.90 bits per heavy atom. The minimum absolute atomic E-state index is 0.0462. The van der Waals surface area contributed by atoms with Crippen molar-refractivity contribution in [2.45, 2.75) is 31.7 Å². The summed E-state index contributed by atoms with van der Waals surface area (Å²) >= 11 is 0. The summed E-state index contributed by atoms with van der Waals surface area (Å²) in [6.07, 6.45) is 6.87. The number of nitrogens with zero attached hydrogens (tertiary/aromatic N) is 2. The molecular formula is C18H18N2O. The van der Waals surface area contributed by atoms with E-state index in [2.05, 4.69) is 29.2 Å². The quantitative estimate of drug-likeness (QED) is 0.801. The zero-order valence-corrected chi connectivity index (χ0v) is 12.2. The Kier molecular flexibility index (Phi) is 2.81. The van der Waals surface area contributed by atoms with Crippen LogP contribution in [0, 0.1) is 0 Å². The number of aromatic nitrogens is 1. The van der Waals surface area contributed by atoms with Crippen LogP contribution in [-0.4, -0.2) is 23.0 Å². The minimum atomic E-state index is -0.0462. The van der Waals surface area contributed by atoms with Gasteiger partial charge in [-0.15, -0.1) is 0 Å². The van der Waals surface area contributed by atoms with Crippen LogP contribution >= 0.6 is 0 Å². The fraction of sp³-hybridized carbons (Fsp3) is 0.333. The van der Waals surface area contributed by atoms with E-state index >= 15 is 0 Å². The molecular weight excluding hydrogens is 260 g/mol. The fourth-order valence-corrected chi connectivity index (χ4v) is 3.51. The van der Waals surface area contributed by atoms with Crippen molar-refractivity contribution in [3.63, 3.8) is 0 Å². The van der Waals surface area contributed by atoms with Gasteiger partial charge in [-0.25, -0.2) is 4.99 Å². The predicted octanol–water partition coefficient (Wildman–Crippen LogP) is 3.42. The van der Waals surface area contributed by atoms with Gasteiger partial charge in [-0.05, 0) is 35.6 Å². The van der Waals surface area contributed by atoms with Gasteiger partial charge in [0.1, 0.15) is 12.1 Å². The number of pyridine rings is 1. The van der Waals surface area contributed by atoms with Crippen LogP contribution in [0.4, 0.5) is 0 Å². The van der Waals surface area contributed by atoms with Gasteiger partial charge in [0.05, 0.1) is 0 Å². The third-order valence-electron chi connectivity index (χ3n) is 4.56. The van der Waals surface area contributed by atoms with Crippen LogP contribution in [0.5, 0.6) is 0 Å². The molecule has 106 valence electrons. The van der Waals surface area contributed by atoms with Crippen molar-refractivity contribution in [2.24, 2.45) is 4.99 Å². The topological polar surface area (TPSA) is 34.5 Å². The zero-order valence-electron chi connectivity index (χ0n) is 12.2. The van der Waals surface area contributed by atoms with Gasteiger partial charge in [0, 0.05) is 31.3 Å². The average molecular weight is 278 g/mol. The molecule has 1 aliphatic carbocycles. The monoisotopic (exact) mass is 278 g/mol. The summed E-state index contributed by atoms with van der Waals surface area (Å²) in [4.78, 5) is 9.05. The van der Waals surface area contributed by atoms with Gasteiger partial charge in [0.2, 0.25) is 0 Å². The SMILES string of the molecule is CC1=N[C@@]2(CCc3cccc(-c4cccnc4)c3C2)CO1. The van der Waals surface area contributed by atoms with Crippen LogP contribution in [-0.2, 0) is 17.6 Å². The highest BCUT2D eigenvalue weighted by Gasteiger charge is 2.39. The Balaban J connectivity index is 1.80. The first-order valence-electron chi connectivity index (χ1n) is 7.46. The lowest BCUT2D eigenvalue weighted by Gasteiger charge is -2.32. The summed E-state index contributed by atoms with van der Waals surface area (Å²) in [5.41, 5.74) is 5.29. The molecule has 0 bridgehead atoms. The predicted molar refractivity (Wildman–Crippen MR) is 83.5 cm³/mol. The molecule has 1 spiro atoms. The van der Waals surface area contributed by atoms with E-state index in [-0.39, 0.29) is 5.54 Å². The number of aliphatic imine (C=N–C) groups is 1. The van der Waals surface area contributed by atoms with Crippen molar-refractivity contribution >= 4 is 5.90 Å². The smallest absolute Gasteiger partial charge is 0.180 e. The normalized spacial score (nSPS) is 23.6. The van der Waals surface area contributed by atoms with Crippen molar-refractivity contribution < 1.29 is 4.74 Å². The van der Waals surface area contributed by atoms with Crippen LogP contribution in [0.3, 0.4) is 0 Å². The molecule has 2 aromatic rings. The second-order valence-corrected chi connectivity index (χ2v) is 6.01. The van der Waals surface area contributed by atoms with Gasteiger partial charge in [0.25, 0.3) is 0 Å². The second kappa shape index (κ2) is 4.69.